The quantitative estimate of drug-likeness (QED) is 0.0495. The van der Waals surface area contributed by atoms with Gasteiger partial charge in [-0.1, -0.05) is 55.4 Å². The number of rotatable bonds is 5. The fourth-order valence-electron chi connectivity index (χ4n) is 16.5. The maximum absolute atomic E-state index is 12.2. The summed E-state index contributed by atoms with van der Waals surface area (Å²) in [6, 6.07) is 0. The van der Waals surface area contributed by atoms with E-state index in [0.717, 1.165) is 41.6 Å². The van der Waals surface area contributed by atoms with Crippen molar-refractivity contribution in [2.24, 2.45) is 34.5 Å². The van der Waals surface area contributed by atoms with Crippen LogP contribution in [0, 0.1) is 34.5 Å². The number of phosphoric acid groups is 1. The van der Waals surface area contributed by atoms with Crippen molar-refractivity contribution in [3.05, 3.63) is 22.3 Å². The SMILES string of the molecule is C.C1CCNCC1.CC(C)[C@]12O[C@H]1C1O[C@]13[C@]1(O[C@H]1C[C@H]1C4=C(CC[C@@]13C)C(=O)OC4)[C@@H]2O.CC(C)[C@]12O[C@H]1C1O[C@]13[C@]1(O[C@H]1C[C@H]1C4=C(CC[C@@]13C)C(=O)OC4)[C@@H]2OP(=O)([O-])[O-].O=CO[O-].O=P(Cl)(Cl)Cl.[3HH].[Na+].[Na+].[Na+]. The second-order valence-electron chi connectivity index (χ2n) is 22.7. The van der Waals surface area contributed by atoms with Gasteiger partial charge in [-0.2, -0.15) is 0 Å². The van der Waals surface area contributed by atoms with Crippen LogP contribution in [0.4, 0.5) is 0 Å². The van der Waals surface area contributed by atoms with Crippen LogP contribution < -0.4 is 109 Å². The number of nitrogens with one attached hydrogen (secondary N) is 1. The van der Waals surface area contributed by atoms with Crippen molar-refractivity contribution in [2.45, 2.75) is 189 Å². The van der Waals surface area contributed by atoms with E-state index in [9.17, 15) is 33.6 Å². The molecule has 4 saturated carbocycles. The minimum atomic E-state index is -5.29. The molecule has 406 valence electrons. The van der Waals surface area contributed by atoms with E-state index in [1.54, 1.807) is 0 Å². The zero-order chi connectivity index (χ0) is 51.1. The number of aliphatic hydroxyl groups excluding tert-OH is 1. The molecule has 2 N–H and O–H groups in total. The minimum Gasteiger partial charge on any atom is -0.790 e. The molecule has 0 bridgehead atoms. The average Bonchev–Trinajstić information content (AvgIpc) is 4.05. The van der Waals surface area contributed by atoms with E-state index >= 15 is 0 Å². The monoisotopic (exact) mass is 1190 g/mol. The Morgan fingerprint density at radius 3 is 1.53 bits per heavy atom. The molecule has 6 aliphatic carbocycles. The number of epoxide rings is 6. The molecule has 20 nitrogen and oxygen atoms in total. The van der Waals surface area contributed by atoms with E-state index < -0.39 is 64.3 Å². The third-order valence-corrected chi connectivity index (χ3v) is 20.1. The van der Waals surface area contributed by atoms with Gasteiger partial charge in [0.05, 0.1) is 20.0 Å². The number of cyclic esters (lactones) is 2. The summed E-state index contributed by atoms with van der Waals surface area (Å²) in [4.78, 5) is 59.0. The predicted molar refractivity (Wildman–Crippen MR) is 249 cm³/mol. The van der Waals surface area contributed by atoms with Gasteiger partial charge >= 0.3 is 106 Å². The van der Waals surface area contributed by atoms with Crippen LogP contribution in [0.25, 0.3) is 0 Å². The number of hydrogen-bond acceptors (Lipinski definition) is 20. The summed E-state index contributed by atoms with van der Waals surface area (Å²) >= 11 is 13.8. The van der Waals surface area contributed by atoms with E-state index in [2.05, 4.69) is 71.6 Å². The number of ether oxygens (including phenoxy) is 8. The first-order valence-electron chi connectivity index (χ1n) is 24.6. The standard InChI is InChI=1S/C20H25O9P.C20H24O6.C5H11N.CH2O3.CH4.Cl3OP.3Na.H2/c1-8(2)18-13(27-18)14-20(28-14)17(3)5-4-9-10(7-25-15(9)21)11(17)6-12-19(20,26-12)16(18)29-30(22,23)24;1-8(2)18-13(25-18)14-20(26-14)17(3)5-4-9-10(7-23-15(9)21)11(17)6-12-19(20,24-12)16(18)22;1-2-4-6-5-3-1;2-1-4-3;;1-5(2,3)4;;;;/h8,11-14,16H,4-7H2,1-3H3,(H2,22,23,24);8,11-14,16,22H,4-7H2,1-3H3;6H,1-5H2;1,3H;1H4;;;;;1H/q;;;;;;3*+1;/p-3/t2*11-,12-,13-,14?,16+,17-,18-,19+,20+;;;;;;;;/m00......../s1/i;;;;;;;;;1+2. The number of fused-ring (bicyclic) bond motifs is 8. The van der Waals surface area contributed by atoms with Crippen LogP contribution in [-0.4, -0.2) is 132 Å². The molecule has 2 unspecified atom stereocenters. The second-order valence-corrected chi connectivity index (χ2v) is 30.5. The maximum atomic E-state index is 12.2. The van der Waals surface area contributed by atoms with Gasteiger partial charge in [0.15, 0.2) is 11.2 Å². The predicted octanol–water partition coefficient (Wildman–Crippen LogP) is -5.04. The van der Waals surface area contributed by atoms with E-state index in [1.165, 1.54) is 32.4 Å². The van der Waals surface area contributed by atoms with Crippen LogP contribution in [0.1, 0.15) is 108 Å². The zero-order valence-corrected chi connectivity index (χ0v) is 53.1. The Morgan fingerprint density at radius 2 is 1.13 bits per heavy atom. The van der Waals surface area contributed by atoms with Gasteiger partial charge in [0.1, 0.15) is 72.2 Å². The molecule has 9 heterocycles. The van der Waals surface area contributed by atoms with Gasteiger partial charge in [0.25, 0.3) is 6.47 Å². The maximum Gasteiger partial charge on any atom is 1.00 e. The van der Waals surface area contributed by atoms with Crippen molar-refractivity contribution in [2.75, 3.05) is 26.3 Å². The molecule has 0 aromatic rings. The Bertz CT molecular complexity index is 2470. The summed E-state index contributed by atoms with van der Waals surface area (Å²) in [6.07, 6.45) is 5.90. The summed E-state index contributed by atoms with van der Waals surface area (Å²) in [7, 11) is -5.29. The summed E-state index contributed by atoms with van der Waals surface area (Å²) in [5.41, 5.74) is -1.10. The number of carbonyl (C=O) groups excluding carboxylic acids is 3. The normalized spacial score (nSPS) is 47.6. The smallest absolute Gasteiger partial charge is 0.790 e. The third-order valence-electron chi connectivity index (χ3n) is 19.6. The largest absolute Gasteiger partial charge is 1.00 e. The molecule has 75 heavy (non-hydrogen) atoms. The number of esters is 2. The Kier molecular flexibility index (Phi) is 18.3. The van der Waals surface area contributed by atoms with Crippen molar-refractivity contribution in [3.63, 3.8) is 0 Å². The molecule has 28 heteroatoms. The van der Waals surface area contributed by atoms with Crippen LogP contribution in [0.15, 0.2) is 22.3 Å². The number of carbonyl (C=O) groups is 3. The van der Waals surface area contributed by atoms with Crippen LogP contribution in [0.3, 0.4) is 0 Å². The fourth-order valence-corrected chi connectivity index (χ4v) is 17.0. The first-order valence-corrected chi connectivity index (χ1v) is 30.5. The molecular weight excluding hydrogens is 1120 g/mol. The minimum absolute atomic E-state index is 0. The van der Waals surface area contributed by atoms with Gasteiger partial charge in [-0.05, 0) is 133 Å². The molecule has 4 spiro atoms. The topological polar surface area (TPSA) is 299 Å². The molecule has 0 aromatic heterocycles. The van der Waals surface area contributed by atoms with E-state index in [1.807, 2.05) is 13.8 Å². The molecule has 11 fully saturated rings. The molecular formula is C47H65Cl3NNa3O19P2. The summed E-state index contributed by atoms with van der Waals surface area (Å²) in [6.45, 7) is 15.5. The molecule has 18 atom stereocenters. The Morgan fingerprint density at radius 1 is 0.720 bits per heavy atom. The zero-order valence-electron chi connectivity index (χ0n) is 43.0. The second kappa shape index (κ2) is 21.4. The molecule has 0 aromatic carbocycles. The average molecular weight is 1190 g/mol. The number of piperidine rings is 1. The van der Waals surface area contributed by atoms with Gasteiger partial charge in [0, 0.05) is 23.4 Å². The Hall–Kier alpha value is 1.74. The van der Waals surface area contributed by atoms with Crippen molar-refractivity contribution in [1.29, 1.82) is 0 Å². The summed E-state index contributed by atoms with van der Waals surface area (Å²) in [5.74, 6) is 0.0218. The van der Waals surface area contributed by atoms with Crippen LogP contribution >= 0.6 is 46.7 Å². The molecule has 9 aliphatic heterocycles. The van der Waals surface area contributed by atoms with Crippen molar-refractivity contribution >= 4 is 65.2 Å². The third kappa shape index (κ3) is 9.01. The van der Waals surface area contributed by atoms with Gasteiger partial charge in [0.2, 0.25) is 0 Å². The van der Waals surface area contributed by atoms with E-state index in [0.29, 0.717) is 32.5 Å². The Labute approximate surface area is 518 Å². The first kappa shape index (κ1) is 64.3. The first-order chi connectivity index (χ1) is 33.3. The van der Waals surface area contributed by atoms with E-state index in [4.69, 9.17) is 52.5 Å². The molecule has 0 amide bonds. The van der Waals surface area contributed by atoms with E-state index in [-0.39, 0.29) is 182 Å². The van der Waals surface area contributed by atoms with Gasteiger partial charge < -0.3 is 77.3 Å². The Balaban J connectivity index is 0.000000186. The van der Waals surface area contributed by atoms with Gasteiger partial charge in [-0.25, -0.2) is 9.59 Å². The summed E-state index contributed by atoms with van der Waals surface area (Å²) in [5, 5.41) is 19.9. The molecule has 15 aliphatic rings. The van der Waals surface area contributed by atoms with Crippen molar-refractivity contribution in [3.8, 4) is 0 Å². The fraction of sp³-hybridized carbons (Fsp3) is 0.851. The van der Waals surface area contributed by atoms with Gasteiger partial charge in [-0.15, -0.1) is 0 Å². The van der Waals surface area contributed by atoms with Crippen LogP contribution in [-0.2, 0) is 70.8 Å². The number of phosphoric ester groups is 1. The number of hydrogen-bond donors (Lipinski definition) is 2. The number of aliphatic hydroxyl groups is 1. The van der Waals surface area contributed by atoms with Gasteiger partial charge in [-0.3, -0.25) is 9.36 Å². The number of halogens is 3. The van der Waals surface area contributed by atoms with Crippen molar-refractivity contribution < 1.29 is 181 Å². The van der Waals surface area contributed by atoms with Crippen LogP contribution in [0.2, 0.25) is 0 Å². The van der Waals surface area contributed by atoms with Crippen molar-refractivity contribution in [1.82, 2.24) is 5.32 Å². The molecule has 0 radical (unpaired) electrons. The molecule has 7 saturated heterocycles. The summed E-state index contributed by atoms with van der Waals surface area (Å²) < 4.78 is 75.1. The van der Waals surface area contributed by atoms with Crippen LogP contribution in [0.5, 0.6) is 0 Å². The molecule has 15 rings (SSSR count).